The quantitative estimate of drug-likeness (QED) is 0.777. The maximum atomic E-state index is 13.8. The van der Waals surface area contributed by atoms with Gasteiger partial charge in [-0.15, -0.1) is 0 Å². The lowest BCUT2D eigenvalue weighted by Gasteiger charge is -2.47. The minimum absolute atomic E-state index is 0.0591. The Balaban J connectivity index is 2.04. The number of carbonyl (C=O) groups excluding carboxylic acids is 2. The molecule has 0 bridgehead atoms. The van der Waals surface area contributed by atoms with Gasteiger partial charge in [0.1, 0.15) is 11.7 Å². The van der Waals surface area contributed by atoms with E-state index in [2.05, 4.69) is 51.2 Å². The number of hydrogen-bond acceptors (Lipinski definition) is 4. The summed E-state index contributed by atoms with van der Waals surface area (Å²) < 4.78 is 0. The minimum atomic E-state index is -0.535. The van der Waals surface area contributed by atoms with Gasteiger partial charge in [0.15, 0.2) is 0 Å². The number of piperidine rings is 1. The first-order chi connectivity index (χ1) is 14.1. The summed E-state index contributed by atoms with van der Waals surface area (Å²) in [4.78, 5) is 33.1. The maximum absolute atomic E-state index is 13.8. The molecule has 2 amide bonds. The van der Waals surface area contributed by atoms with Gasteiger partial charge in [-0.25, -0.2) is 0 Å². The molecule has 6 nitrogen and oxygen atoms in total. The first-order valence-corrected chi connectivity index (χ1v) is 11.2. The van der Waals surface area contributed by atoms with Gasteiger partial charge in [0.2, 0.25) is 11.8 Å². The predicted octanol–water partition coefficient (Wildman–Crippen LogP) is 2.53. The van der Waals surface area contributed by atoms with Crippen molar-refractivity contribution in [3.63, 3.8) is 0 Å². The van der Waals surface area contributed by atoms with Crippen molar-refractivity contribution in [2.75, 3.05) is 33.7 Å². The van der Waals surface area contributed by atoms with Crippen LogP contribution < -0.4 is 5.32 Å². The fourth-order valence-corrected chi connectivity index (χ4v) is 5.23. The Kier molecular flexibility index (Phi) is 6.88. The minimum Gasteiger partial charge on any atom is -0.316 e. The molecule has 30 heavy (non-hydrogen) atoms. The van der Waals surface area contributed by atoms with E-state index in [9.17, 15) is 9.59 Å². The zero-order chi connectivity index (χ0) is 22.1. The molecule has 6 heteroatoms. The van der Waals surface area contributed by atoms with E-state index >= 15 is 0 Å². The Morgan fingerprint density at radius 2 is 1.77 bits per heavy atom. The molecule has 2 aliphatic heterocycles. The average molecular weight is 415 g/mol. The van der Waals surface area contributed by atoms with Crippen molar-refractivity contribution >= 4 is 11.8 Å². The van der Waals surface area contributed by atoms with Gasteiger partial charge in [0, 0.05) is 19.4 Å². The number of amides is 2. The fraction of sp³-hybridized carbons (Fsp3) is 0.667. The summed E-state index contributed by atoms with van der Waals surface area (Å²) in [6.07, 6.45) is 2.26. The Bertz CT molecular complexity index is 763. The Morgan fingerprint density at radius 1 is 1.17 bits per heavy atom. The number of aryl methyl sites for hydroxylation is 2. The van der Waals surface area contributed by atoms with E-state index in [4.69, 9.17) is 0 Å². The van der Waals surface area contributed by atoms with Crippen LogP contribution in [-0.4, -0.2) is 71.9 Å². The summed E-state index contributed by atoms with van der Waals surface area (Å²) in [6, 6.07) is 6.11. The number of carbonyl (C=O) groups is 2. The SMILES string of the molecule is Cc1cc(C)cc(CN2C(=O)C(CC(C)C)N(C(=O)CN(C)C)C23CCNCC3)c1. The number of nitrogens with one attached hydrogen (secondary N) is 1. The van der Waals surface area contributed by atoms with Gasteiger partial charge in [-0.2, -0.15) is 0 Å². The zero-order valence-electron chi connectivity index (χ0n) is 19.5. The van der Waals surface area contributed by atoms with Crippen molar-refractivity contribution < 1.29 is 9.59 Å². The monoisotopic (exact) mass is 414 g/mol. The maximum Gasteiger partial charge on any atom is 0.247 e. The number of nitrogens with zero attached hydrogens (tertiary/aromatic N) is 3. The van der Waals surface area contributed by atoms with E-state index in [0.717, 1.165) is 31.5 Å². The third-order valence-corrected chi connectivity index (χ3v) is 6.25. The van der Waals surface area contributed by atoms with Crippen LogP contribution in [0.15, 0.2) is 18.2 Å². The lowest BCUT2D eigenvalue weighted by Crippen LogP contribution is -2.62. The largest absolute Gasteiger partial charge is 0.316 e. The van der Waals surface area contributed by atoms with Crippen LogP contribution >= 0.6 is 0 Å². The molecule has 1 spiro atoms. The topological polar surface area (TPSA) is 55.9 Å². The molecule has 3 rings (SSSR count). The standard InChI is InChI=1S/C24H38N4O2/c1-17(2)11-21-23(30)27(15-20-13-18(3)12-19(4)14-20)24(7-9-25-10-8-24)28(21)22(29)16-26(5)6/h12-14,17,21,25H,7-11,15-16H2,1-6H3. The normalized spacial score (nSPS) is 21.3. The summed E-state index contributed by atoms with van der Waals surface area (Å²) in [6.45, 7) is 11.0. The molecule has 2 saturated heterocycles. The predicted molar refractivity (Wildman–Crippen MR) is 120 cm³/mol. The smallest absolute Gasteiger partial charge is 0.247 e. The molecule has 0 aromatic heterocycles. The Labute approximate surface area is 181 Å². The molecule has 1 aromatic carbocycles. The molecule has 2 fully saturated rings. The molecule has 166 valence electrons. The molecule has 1 N–H and O–H groups in total. The molecule has 1 aromatic rings. The van der Waals surface area contributed by atoms with E-state index in [1.807, 2.05) is 28.8 Å². The summed E-state index contributed by atoms with van der Waals surface area (Å²) >= 11 is 0. The van der Waals surface area contributed by atoms with E-state index < -0.39 is 5.66 Å². The number of benzene rings is 1. The lowest BCUT2D eigenvalue weighted by molar-refractivity contribution is -0.145. The highest BCUT2D eigenvalue weighted by Gasteiger charge is 2.58. The van der Waals surface area contributed by atoms with Crippen molar-refractivity contribution in [3.05, 3.63) is 34.9 Å². The van der Waals surface area contributed by atoms with Crippen molar-refractivity contribution in [1.29, 1.82) is 0 Å². The van der Waals surface area contributed by atoms with E-state index in [1.54, 1.807) is 0 Å². The molecule has 1 unspecified atom stereocenters. The van der Waals surface area contributed by atoms with Crippen LogP contribution in [0, 0.1) is 19.8 Å². The second kappa shape index (κ2) is 9.06. The summed E-state index contributed by atoms with van der Waals surface area (Å²) in [5.74, 6) is 0.509. The highest BCUT2D eigenvalue weighted by molar-refractivity contribution is 5.93. The van der Waals surface area contributed by atoms with Crippen molar-refractivity contribution in [1.82, 2.24) is 20.0 Å². The van der Waals surface area contributed by atoms with Crippen LogP contribution in [-0.2, 0) is 16.1 Å². The van der Waals surface area contributed by atoms with Crippen LogP contribution in [0.5, 0.6) is 0 Å². The van der Waals surface area contributed by atoms with E-state index in [-0.39, 0.29) is 17.9 Å². The lowest BCUT2D eigenvalue weighted by atomic mass is 9.93. The first kappa shape index (κ1) is 22.8. The van der Waals surface area contributed by atoms with Gasteiger partial charge < -0.3 is 20.0 Å². The summed E-state index contributed by atoms with van der Waals surface area (Å²) in [7, 11) is 3.82. The van der Waals surface area contributed by atoms with Crippen LogP contribution in [0.2, 0.25) is 0 Å². The van der Waals surface area contributed by atoms with Gasteiger partial charge in [0.25, 0.3) is 0 Å². The molecule has 0 saturated carbocycles. The average Bonchev–Trinajstić information content (AvgIpc) is 2.83. The van der Waals surface area contributed by atoms with Gasteiger partial charge in [-0.3, -0.25) is 9.59 Å². The van der Waals surface area contributed by atoms with E-state index in [0.29, 0.717) is 25.4 Å². The number of hydrogen-bond donors (Lipinski definition) is 1. The number of rotatable bonds is 6. The van der Waals surface area contributed by atoms with E-state index in [1.165, 1.54) is 11.1 Å². The fourth-order valence-electron chi connectivity index (χ4n) is 5.23. The second-order valence-corrected chi connectivity index (χ2v) is 9.80. The van der Waals surface area contributed by atoms with Crippen LogP contribution in [0.25, 0.3) is 0 Å². The first-order valence-electron chi connectivity index (χ1n) is 11.2. The van der Waals surface area contributed by atoms with Crippen LogP contribution in [0.4, 0.5) is 0 Å². The molecule has 2 heterocycles. The molecule has 1 atom stereocenters. The molecule has 0 radical (unpaired) electrons. The van der Waals surface area contributed by atoms with Gasteiger partial charge in [-0.05, 0) is 58.9 Å². The third kappa shape index (κ3) is 4.54. The van der Waals surface area contributed by atoms with Gasteiger partial charge >= 0.3 is 0 Å². The highest BCUT2D eigenvalue weighted by Crippen LogP contribution is 2.42. The molecular weight excluding hydrogens is 376 g/mol. The highest BCUT2D eigenvalue weighted by atomic mass is 16.2. The Morgan fingerprint density at radius 3 is 2.30 bits per heavy atom. The third-order valence-electron chi connectivity index (χ3n) is 6.25. The molecule has 0 aliphatic carbocycles. The van der Waals surface area contributed by atoms with Gasteiger partial charge in [-0.1, -0.05) is 43.2 Å². The Hall–Kier alpha value is -1.92. The second-order valence-electron chi connectivity index (χ2n) is 9.80. The summed E-state index contributed by atoms with van der Waals surface area (Å²) in [5.41, 5.74) is 3.02. The van der Waals surface area contributed by atoms with Crippen molar-refractivity contribution in [2.24, 2.45) is 5.92 Å². The molecule has 2 aliphatic rings. The van der Waals surface area contributed by atoms with Crippen molar-refractivity contribution in [3.8, 4) is 0 Å². The van der Waals surface area contributed by atoms with Crippen molar-refractivity contribution in [2.45, 2.75) is 65.2 Å². The zero-order valence-corrected chi connectivity index (χ0v) is 19.5. The summed E-state index contributed by atoms with van der Waals surface area (Å²) in [5, 5.41) is 3.42. The van der Waals surface area contributed by atoms with Crippen LogP contribution in [0.1, 0.15) is 49.8 Å². The number of likely N-dealkylation sites (N-methyl/N-ethyl adjacent to an activating group) is 1. The molecular formula is C24H38N4O2. The van der Waals surface area contributed by atoms with Crippen LogP contribution in [0.3, 0.4) is 0 Å². The van der Waals surface area contributed by atoms with Gasteiger partial charge in [0.05, 0.1) is 6.54 Å².